The van der Waals surface area contributed by atoms with Gasteiger partial charge in [-0.15, -0.1) is 0 Å². The average Bonchev–Trinajstić information content (AvgIpc) is 2.46. The number of anilines is 1. The number of methoxy groups -OCH3 is 1. The number of carbonyl (C=O) groups is 3. The number of esters is 1. The molecule has 0 spiro atoms. The molecular weight excluding hydrogens is 262 g/mol. The van der Waals surface area contributed by atoms with E-state index in [1.165, 1.54) is 18.1 Å². The molecule has 0 saturated heterocycles. The van der Waals surface area contributed by atoms with Crippen molar-refractivity contribution in [2.45, 2.75) is 19.8 Å². The van der Waals surface area contributed by atoms with E-state index in [-0.39, 0.29) is 25.3 Å². The first-order valence-electron chi connectivity index (χ1n) is 6.20. The Morgan fingerprint density at radius 3 is 2.55 bits per heavy atom. The van der Waals surface area contributed by atoms with E-state index in [0.717, 1.165) is 0 Å². The van der Waals surface area contributed by atoms with E-state index >= 15 is 0 Å². The van der Waals surface area contributed by atoms with Gasteiger partial charge < -0.3 is 14.7 Å². The van der Waals surface area contributed by atoms with Crippen LogP contribution in [0.15, 0.2) is 24.3 Å². The minimum Gasteiger partial charge on any atom is -0.481 e. The van der Waals surface area contributed by atoms with Crippen LogP contribution in [0.5, 0.6) is 0 Å². The second-order valence-electron chi connectivity index (χ2n) is 4.08. The van der Waals surface area contributed by atoms with Gasteiger partial charge >= 0.3 is 11.9 Å². The molecule has 0 aromatic heterocycles. The lowest BCUT2D eigenvalue weighted by molar-refractivity contribution is -0.136. The Balaban J connectivity index is 3.03. The van der Waals surface area contributed by atoms with Gasteiger partial charge in [-0.2, -0.15) is 0 Å². The zero-order chi connectivity index (χ0) is 15.1. The summed E-state index contributed by atoms with van der Waals surface area (Å²) < 4.78 is 4.62. The average molecular weight is 279 g/mol. The van der Waals surface area contributed by atoms with E-state index in [0.29, 0.717) is 11.3 Å². The smallest absolute Gasteiger partial charge is 0.337 e. The number of hydrogen-bond acceptors (Lipinski definition) is 4. The van der Waals surface area contributed by atoms with Crippen molar-refractivity contribution in [2.24, 2.45) is 0 Å². The number of rotatable bonds is 6. The molecule has 1 aromatic carbocycles. The highest BCUT2D eigenvalue weighted by Crippen LogP contribution is 2.18. The van der Waals surface area contributed by atoms with Crippen LogP contribution in [0, 0.1) is 0 Å². The second kappa shape index (κ2) is 7.28. The normalized spacial score (nSPS) is 9.90. The molecule has 20 heavy (non-hydrogen) atoms. The Hall–Kier alpha value is -2.37. The van der Waals surface area contributed by atoms with Crippen molar-refractivity contribution in [3.05, 3.63) is 29.8 Å². The van der Waals surface area contributed by atoms with Crippen LogP contribution in [0.25, 0.3) is 0 Å². The molecule has 0 aliphatic carbocycles. The maximum Gasteiger partial charge on any atom is 0.337 e. The fraction of sp³-hybridized carbons (Fsp3) is 0.357. The first-order chi connectivity index (χ1) is 9.49. The molecule has 1 aromatic rings. The van der Waals surface area contributed by atoms with Crippen molar-refractivity contribution >= 4 is 23.5 Å². The fourth-order valence-electron chi connectivity index (χ4n) is 1.71. The summed E-state index contributed by atoms with van der Waals surface area (Å²) in [4.78, 5) is 35.4. The van der Waals surface area contributed by atoms with Crippen LogP contribution in [0.2, 0.25) is 0 Å². The number of carboxylic acids is 1. The van der Waals surface area contributed by atoms with Crippen molar-refractivity contribution in [3.8, 4) is 0 Å². The highest BCUT2D eigenvalue weighted by molar-refractivity contribution is 5.96. The lowest BCUT2D eigenvalue weighted by atomic mass is 10.1. The zero-order valence-corrected chi connectivity index (χ0v) is 11.5. The highest BCUT2D eigenvalue weighted by Gasteiger charge is 2.17. The van der Waals surface area contributed by atoms with E-state index in [2.05, 4.69) is 4.74 Å². The van der Waals surface area contributed by atoms with Gasteiger partial charge in [-0.3, -0.25) is 9.59 Å². The predicted molar refractivity (Wildman–Crippen MR) is 72.7 cm³/mol. The van der Waals surface area contributed by atoms with E-state index in [4.69, 9.17) is 5.11 Å². The third-order valence-electron chi connectivity index (χ3n) is 2.73. The lowest BCUT2D eigenvalue weighted by Gasteiger charge is -2.22. The molecule has 6 heteroatoms. The van der Waals surface area contributed by atoms with E-state index in [9.17, 15) is 14.4 Å². The van der Waals surface area contributed by atoms with Crippen molar-refractivity contribution in [1.82, 2.24) is 0 Å². The molecule has 0 radical (unpaired) electrons. The second-order valence-corrected chi connectivity index (χ2v) is 4.08. The zero-order valence-electron chi connectivity index (χ0n) is 11.5. The fourth-order valence-corrected chi connectivity index (χ4v) is 1.71. The van der Waals surface area contributed by atoms with Crippen LogP contribution in [-0.2, 0) is 14.3 Å². The van der Waals surface area contributed by atoms with E-state index < -0.39 is 11.9 Å². The maximum atomic E-state index is 11.9. The summed E-state index contributed by atoms with van der Waals surface area (Å²) in [6, 6.07) is 6.36. The summed E-state index contributed by atoms with van der Waals surface area (Å²) in [6.45, 7) is 1.76. The van der Waals surface area contributed by atoms with Gasteiger partial charge in [-0.25, -0.2) is 4.79 Å². The molecule has 0 aliphatic rings. The molecular formula is C14H17NO5. The molecule has 0 fully saturated rings. The Kier molecular flexibility index (Phi) is 5.71. The molecule has 108 valence electrons. The molecule has 0 unspecified atom stereocenters. The standard InChI is InChI=1S/C14H17NO5/c1-3-12(16)15(8-7-13(17)18)11-6-4-5-10(9-11)14(19)20-2/h4-6,9H,3,7-8H2,1-2H3,(H,17,18). The van der Waals surface area contributed by atoms with Gasteiger partial charge in [-0.05, 0) is 18.2 Å². The van der Waals surface area contributed by atoms with E-state index in [1.54, 1.807) is 25.1 Å². The minimum atomic E-state index is -0.983. The summed E-state index contributed by atoms with van der Waals surface area (Å²) in [7, 11) is 1.27. The van der Waals surface area contributed by atoms with Gasteiger partial charge in [0.05, 0.1) is 19.1 Å². The molecule has 0 atom stereocenters. The molecule has 0 bridgehead atoms. The summed E-state index contributed by atoms with van der Waals surface area (Å²) >= 11 is 0. The number of carbonyl (C=O) groups excluding carboxylic acids is 2. The molecule has 1 amide bonds. The number of benzene rings is 1. The van der Waals surface area contributed by atoms with Crippen LogP contribution in [0.1, 0.15) is 30.1 Å². The number of aliphatic carboxylic acids is 1. The lowest BCUT2D eigenvalue weighted by Crippen LogP contribution is -2.32. The van der Waals surface area contributed by atoms with Gasteiger partial charge in [0.25, 0.3) is 0 Å². The number of nitrogens with zero attached hydrogens (tertiary/aromatic N) is 1. The largest absolute Gasteiger partial charge is 0.481 e. The molecule has 0 heterocycles. The van der Waals surface area contributed by atoms with Crippen LogP contribution in [0.4, 0.5) is 5.69 Å². The van der Waals surface area contributed by atoms with Gasteiger partial charge in [0.1, 0.15) is 0 Å². The highest BCUT2D eigenvalue weighted by atomic mass is 16.5. The van der Waals surface area contributed by atoms with Crippen molar-refractivity contribution in [2.75, 3.05) is 18.6 Å². The molecule has 1 rings (SSSR count). The third-order valence-corrected chi connectivity index (χ3v) is 2.73. The molecule has 0 aliphatic heterocycles. The maximum absolute atomic E-state index is 11.9. The van der Waals surface area contributed by atoms with Gasteiger partial charge in [0.15, 0.2) is 0 Å². The summed E-state index contributed by atoms with van der Waals surface area (Å²) in [5, 5.41) is 8.73. The van der Waals surface area contributed by atoms with Crippen molar-refractivity contribution in [3.63, 3.8) is 0 Å². The van der Waals surface area contributed by atoms with E-state index in [1.807, 2.05) is 0 Å². The first-order valence-corrected chi connectivity index (χ1v) is 6.20. The SMILES string of the molecule is CCC(=O)N(CCC(=O)O)c1cccc(C(=O)OC)c1. The van der Waals surface area contributed by atoms with Crippen LogP contribution < -0.4 is 4.90 Å². The minimum absolute atomic E-state index is 0.0621. The summed E-state index contributed by atoms with van der Waals surface area (Å²) in [5.74, 6) is -1.69. The van der Waals surface area contributed by atoms with Crippen LogP contribution in [-0.4, -0.2) is 36.6 Å². The van der Waals surface area contributed by atoms with Crippen LogP contribution in [0.3, 0.4) is 0 Å². The third kappa shape index (κ3) is 4.08. The quantitative estimate of drug-likeness (QED) is 0.801. The number of amides is 1. The number of ether oxygens (including phenoxy) is 1. The Morgan fingerprint density at radius 2 is 2.00 bits per heavy atom. The van der Waals surface area contributed by atoms with Crippen molar-refractivity contribution < 1.29 is 24.2 Å². The Bertz CT molecular complexity index is 512. The monoisotopic (exact) mass is 279 g/mol. The van der Waals surface area contributed by atoms with Crippen molar-refractivity contribution in [1.29, 1.82) is 0 Å². The van der Waals surface area contributed by atoms with Gasteiger partial charge in [0.2, 0.25) is 5.91 Å². The predicted octanol–water partition coefficient (Wildman–Crippen LogP) is 1.69. The van der Waals surface area contributed by atoms with Crippen LogP contribution >= 0.6 is 0 Å². The Labute approximate surface area is 117 Å². The summed E-state index contributed by atoms with van der Waals surface area (Å²) in [5.41, 5.74) is 0.801. The van der Waals surface area contributed by atoms with Gasteiger partial charge in [0, 0.05) is 18.7 Å². The molecule has 1 N–H and O–H groups in total. The number of carboxylic acid groups (broad SMARTS) is 1. The topological polar surface area (TPSA) is 83.9 Å². The summed E-state index contributed by atoms with van der Waals surface area (Å²) in [6.07, 6.45) is 0.0935. The molecule has 6 nitrogen and oxygen atoms in total. The molecule has 0 saturated carbocycles. The Morgan fingerprint density at radius 1 is 1.30 bits per heavy atom. The first kappa shape index (κ1) is 15.7. The van der Waals surface area contributed by atoms with Gasteiger partial charge in [-0.1, -0.05) is 13.0 Å². The number of hydrogen-bond donors (Lipinski definition) is 1.